The molecule has 0 unspecified atom stereocenters. The molecule has 0 saturated carbocycles. The van der Waals surface area contributed by atoms with Crippen molar-refractivity contribution in [1.82, 2.24) is 10.3 Å². The number of carbonyl (C=O) groups is 1. The van der Waals surface area contributed by atoms with Gasteiger partial charge in [-0.2, -0.15) is 0 Å². The minimum atomic E-state index is -0.0704. The van der Waals surface area contributed by atoms with E-state index in [0.29, 0.717) is 6.54 Å². The van der Waals surface area contributed by atoms with Gasteiger partial charge in [0.2, 0.25) is 5.91 Å². The molecular formula is C16H18N2OS. The highest BCUT2D eigenvalue weighted by atomic mass is 32.2. The number of rotatable bonds is 6. The van der Waals surface area contributed by atoms with E-state index in [-0.39, 0.29) is 11.2 Å². The van der Waals surface area contributed by atoms with Crippen molar-refractivity contribution in [3.05, 3.63) is 66.0 Å². The fourth-order valence-electron chi connectivity index (χ4n) is 1.70. The lowest BCUT2D eigenvalue weighted by Crippen LogP contribution is -2.30. The van der Waals surface area contributed by atoms with E-state index in [1.165, 1.54) is 5.56 Å². The topological polar surface area (TPSA) is 42.0 Å². The maximum absolute atomic E-state index is 12.0. The van der Waals surface area contributed by atoms with Gasteiger partial charge in [0.15, 0.2) is 0 Å². The van der Waals surface area contributed by atoms with Crippen LogP contribution in [0.3, 0.4) is 0 Å². The first-order valence-electron chi connectivity index (χ1n) is 6.59. The second kappa shape index (κ2) is 7.70. The Morgan fingerprint density at radius 1 is 1.20 bits per heavy atom. The van der Waals surface area contributed by atoms with E-state index < -0.39 is 0 Å². The minimum absolute atomic E-state index is 0.0524. The molecule has 0 bridgehead atoms. The van der Waals surface area contributed by atoms with Crippen LogP contribution in [-0.4, -0.2) is 16.1 Å². The van der Waals surface area contributed by atoms with E-state index in [9.17, 15) is 4.79 Å². The molecule has 0 aliphatic rings. The van der Waals surface area contributed by atoms with Gasteiger partial charge >= 0.3 is 0 Å². The monoisotopic (exact) mass is 286 g/mol. The predicted octanol–water partition coefficient (Wildman–Crippen LogP) is 3.02. The molecule has 0 aliphatic carbocycles. The number of aromatic nitrogens is 1. The van der Waals surface area contributed by atoms with Crippen molar-refractivity contribution in [2.45, 2.75) is 24.5 Å². The van der Waals surface area contributed by atoms with Crippen molar-refractivity contribution in [3.8, 4) is 0 Å². The molecule has 1 aromatic heterocycles. The van der Waals surface area contributed by atoms with E-state index in [0.717, 1.165) is 11.4 Å². The van der Waals surface area contributed by atoms with Crippen LogP contribution in [0.25, 0.3) is 0 Å². The highest BCUT2D eigenvalue weighted by Crippen LogP contribution is 2.17. The van der Waals surface area contributed by atoms with Gasteiger partial charge in [0, 0.05) is 11.9 Å². The van der Waals surface area contributed by atoms with Gasteiger partial charge in [0.05, 0.1) is 17.5 Å². The molecular weight excluding hydrogens is 268 g/mol. The molecule has 20 heavy (non-hydrogen) atoms. The van der Waals surface area contributed by atoms with Gasteiger partial charge in [-0.05, 0) is 24.6 Å². The van der Waals surface area contributed by atoms with Gasteiger partial charge in [-0.15, -0.1) is 11.8 Å². The molecule has 2 aromatic rings. The molecule has 1 aromatic carbocycles. The molecule has 0 fully saturated rings. The number of nitrogens with zero attached hydrogens (tertiary/aromatic N) is 1. The van der Waals surface area contributed by atoms with Crippen LogP contribution in [0.4, 0.5) is 0 Å². The second-order valence-electron chi connectivity index (χ2n) is 4.48. The Balaban J connectivity index is 1.75. The number of benzene rings is 1. The molecule has 1 N–H and O–H groups in total. The van der Waals surface area contributed by atoms with E-state index >= 15 is 0 Å². The Bertz CT molecular complexity index is 531. The lowest BCUT2D eigenvalue weighted by molar-refractivity contribution is -0.120. The Labute approximate surface area is 123 Å². The second-order valence-corrected chi connectivity index (χ2v) is 5.81. The summed E-state index contributed by atoms with van der Waals surface area (Å²) in [6.45, 7) is 2.41. The summed E-state index contributed by atoms with van der Waals surface area (Å²) in [7, 11) is 0. The van der Waals surface area contributed by atoms with Crippen LogP contribution in [0.5, 0.6) is 0 Å². The average Bonchev–Trinajstić information content (AvgIpc) is 2.52. The molecule has 0 saturated heterocycles. The number of nitrogens with one attached hydrogen (secondary N) is 1. The third-order valence-corrected chi connectivity index (χ3v) is 4.10. The fraction of sp³-hybridized carbons (Fsp3) is 0.250. The normalized spacial score (nSPS) is 11.8. The van der Waals surface area contributed by atoms with Crippen molar-refractivity contribution in [2.24, 2.45) is 0 Å². The van der Waals surface area contributed by atoms with E-state index in [1.54, 1.807) is 18.0 Å². The molecule has 2 rings (SSSR count). The number of hydrogen-bond acceptors (Lipinski definition) is 3. The van der Waals surface area contributed by atoms with E-state index in [2.05, 4.69) is 22.4 Å². The van der Waals surface area contributed by atoms with Crippen molar-refractivity contribution in [1.29, 1.82) is 0 Å². The molecule has 3 nitrogen and oxygen atoms in total. The molecule has 1 atom stereocenters. The van der Waals surface area contributed by atoms with Crippen LogP contribution < -0.4 is 5.32 Å². The van der Waals surface area contributed by atoms with Crippen LogP contribution in [0, 0.1) is 0 Å². The average molecular weight is 286 g/mol. The summed E-state index contributed by atoms with van der Waals surface area (Å²) in [6, 6.07) is 15.9. The lowest BCUT2D eigenvalue weighted by atomic mass is 10.2. The van der Waals surface area contributed by atoms with Crippen molar-refractivity contribution in [2.75, 3.05) is 0 Å². The smallest absolute Gasteiger partial charge is 0.233 e. The van der Waals surface area contributed by atoms with Gasteiger partial charge in [-0.1, -0.05) is 36.4 Å². The summed E-state index contributed by atoms with van der Waals surface area (Å²) in [6.07, 6.45) is 1.73. The molecule has 104 valence electrons. The SMILES string of the molecule is C[C@H](SCc1ccccc1)C(=O)NCc1ccccn1. The van der Waals surface area contributed by atoms with Gasteiger partial charge < -0.3 is 5.32 Å². The van der Waals surface area contributed by atoms with Gasteiger partial charge in [0.25, 0.3) is 0 Å². The summed E-state index contributed by atoms with van der Waals surface area (Å²) < 4.78 is 0. The third kappa shape index (κ3) is 4.70. The Morgan fingerprint density at radius 3 is 2.65 bits per heavy atom. The van der Waals surface area contributed by atoms with Crippen molar-refractivity contribution < 1.29 is 4.79 Å². The number of amides is 1. The summed E-state index contributed by atoms with van der Waals surface area (Å²) in [4.78, 5) is 16.2. The number of pyridine rings is 1. The lowest BCUT2D eigenvalue weighted by Gasteiger charge is -2.11. The van der Waals surface area contributed by atoms with Crippen LogP contribution in [0.2, 0.25) is 0 Å². The zero-order chi connectivity index (χ0) is 14.2. The third-order valence-electron chi connectivity index (χ3n) is 2.88. The summed E-state index contributed by atoms with van der Waals surface area (Å²) in [5, 5.41) is 2.84. The molecule has 1 heterocycles. The number of hydrogen-bond donors (Lipinski definition) is 1. The predicted molar refractivity (Wildman–Crippen MR) is 83.3 cm³/mol. The highest BCUT2D eigenvalue weighted by molar-refractivity contribution is 7.99. The standard InChI is InChI=1S/C16H18N2OS/c1-13(20-12-14-7-3-2-4-8-14)16(19)18-11-15-9-5-6-10-17-15/h2-10,13H,11-12H2,1H3,(H,18,19)/t13-/m0/s1. The first kappa shape index (κ1) is 14.6. The number of carbonyl (C=O) groups excluding carboxylic acids is 1. The molecule has 0 spiro atoms. The van der Waals surface area contributed by atoms with Gasteiger partial charge in [-0.3, -0.25) is 9.78 Å². The zero-order valence-electron chi connectivity index (χ0n) is 11.5. The summed E-state index contributed by atoms with van der Waals surface area (Å²) >= 11 is 1.64. The molecule has 0 radical (unpaired) electrons. The maximum Gasteiger partial charge on any atom is 0.233 e. The van der Waals surface area contributed by atoms with Crippen molar-refractivity contribution in [3.63, 3.8) is 0 Å². The molecule has 4 heteroatoms. The first-order chi connectivity index (χ1) is 9.75. The van der Waals surface area contributed by atoms with Crippen LogP contribution >= 0.6 is 11.8 Å². The van der Waals surface area contributed by atoms with Gasteiger partial charge in [-0.25, -0.2) is 0 Å². The van der Waals surface area contributed by atoms with Crippen LogP contribution in [-0.2, 0) is 17.1 Å². The first-order valence-corrected chi connectivity index (χ1v) is 7.64. The zero-order valence-corrected chi connectivity index (χ0v) is 12.3. The van der Waals surface area contributed by atoms with Crippen LogP contribution in [0.1, 0.15) is 18.2 Å². The summed E-state index contributed by atoms with van der Waals surface area (Å²) in [5.41, 5.74) is 2.11. The fourth-order valence-corrected chi connectivity index (χ4v) is 2.56. The Kier molecular flexibility index (Phi) is 5.62. The number of thioether (sulfide) groups is 1. The maximum atomic E-state index is 12.0. The van der Waals surface area contributed by atoms with Gasteiger partial charge in [0.1, 0.15) is 0 Å². The van der Waals surface area contributed by atoms with Crippen LogP contribution in [0.15, 0.2) is 54.7 Å². The molecule has 1 amide bonds. The molecule has 0 aliphatic heterocycles. The minimum Gasteiger partial charge on any atom is -0.349 e. The quantitative estimate of drug-likeness (QED) is 0.887. The largest absolute Gasteiger partial charge is 0.349 e. The highest BCUT2D eigenvalue weighted by Gasteiger charge is 2.12. The van der Waals surface area contributed by atoms with E-state index in [1.807, 2.05) is 43.3 Å². The van der Waals surface area contributed by atoms with E-state index in [4.69, 9.17) is 0 Å². The van der Waals surface area contributed by atoms with Crippen molar-refractivity contribution >= 4 is 17.7 Å². The Hall–Kier alpha value is -1.81. The summed E-state index contributed by atoms with van der Waals surface area (Å²) in [5.74, 6) is 0.899. The Morgan fingerprint density at radius 2 is 1.95 bits per heavy atom.